The van der Waals surface area contributed by atoms with E-state index in [1.54, 1.807) is 13.2 Å². The lowest BCUT2D eigenvalue weighted by Gasteiger charge is -2.18. The van der Waals surface area contributed by atoms with Gasteiger partial charge >= 0.3 is 6.18 Å². The molecule has 1 heterocycles. The maximum atomic E-state index is 12.1. The molecule has 19 heavy (non-hydrogen) atoms. The van der Waals surface area contributed by atoms with Crippen molar-refractivity contribution in [2.75, 3.05) is 13.6 Å². The number of carbonyl (C=O) groups is 1. The molecule has 0 fully saturated rings. The second kappa shape index (κ2) is 6.02. The molecular formula is C10H15F3N4O2. The number of nitrogens with zero attached hydrogens (tertiary/aromatic N) is 2. The summed E-state index contributed by atoms with van der Waals surface area (Å²) < 4.78 is 37.7. The fourth-order valence-corrected chi connectivity index (χ4v) is 1.45. The number of alkyl halides is 3. The molecule has 0 aliphatic heterocycles. The third kappa shape index (κ3) is 4.21. The molecule has 108 valence electrons. The van der Waals surface area contributed by atoms with Gasteiger partial charge in [-0.2, -0.15) is 18.3 Å². The van der Waals surface area contributed by atoms with Crippen LogP contribution in [0.15, 0.2) is 12.4 Å². The van der Waals surface area contributed by atoms with E-state index in [0.29, 0.717) is 5.56 Å². The van der Waals surface area contributed by atoms with Gasteiger partial charge in [-0.15, -0.1) is 0 Å². The quantitative estimate of drug-likeness (QED) is 0.693. The summed E-state index contributed by atoms with van der Waals surface area (Å²) in [5.41, 5.74) is 0.518. The van der Waals surface area contributed by atoms with Crippen molar-refractivity contribution in [2.24, 2.45) is 7.05 Å². The monoisotopic (exact) mass is 280 g/mol. The van der Waals surface area contributed by atoms with Gasteiger partial charge in [-0.3, -0.25) is 9.48 Å². The lowest BCUT2D eigenvalue weighted by Crippen LogP contribution is -2.44. The standard InChI is InChI=1S/C10H15F3N4O2/c1-14-8(6-3-16-17(2)5-6)9(19)15-4-7(18)10(11,12)13/h3,5,7-8,14,18H,4H2,1-2H3,(H,15,19). The van der Waals surface area contributed by atoms with Crippen LogP contribution in [-0.2, 0) is 11.8 Å². The van der Waals surface area contributed by atoms with Gasteiger partial charge in [-0.1, -0.05) is 0 Å². The Bertz CT molecular complexity index is 433. The van der Waals surface area contributed by atoms with Gasteiger partial charge in [-0.25, -0.2) is 0 Å². The fraction of sp³-hybridized carbons (Fsp3) is 0.600. The van der Waals surface area contributed by atoms with Crippen LogP contribution in [0, 0.1) is 0 Å². The number of aliphatic hydroxyl groups excluding tert-OH is 1. The molecule has 1 aromatic heterocycles. The van der Waals surface area contributed by atoms with E-state index >= 15 is 0 Å². The predicted molar refractivity (Wildman–Crippen MR) is 60.1 cm³/mol. The van der Waals surface area contributed by atoms with Gasteiger partial charge in [-0.05, 0) is 7.05 Å². The normalized spacial score (nSPS) is 15.1. The highest BCUT2D eigenvalue weighted by Crippen LogP contribution is 2.19. The average Bonchev–Trinajstić information content (AvgIpc) is 2.72. The largest absolute Gasteiger partial charge is 0.416 e. The highest BCUT2D eigenvalue weighted by molar-refractivity contribution is 5.83. The molecule has 0 spiro atoms. The third-order valence-electron chi connectivity index (χ3n) is 2.46. The van der Waals surface area contributed by atoms with Crippen LogP contribution in [0.25, 0.3) is 0 Å². The van der Waals surface area contributed by atoms with Crippen molar-refractivity contribution < 1.29 is 23.1 Å². The number of aromatic nitrogens is 2. The first-order valence-electron chi connectivity index (χ1n) is 5.44. The first-order chi connectivity index (χ1) is 8.75. The van der Waals surface area contributed by atoms with E-state index in [4.69, 9.17) is 5.11 Å². The molecule has 0 aliphatic rings. The molecule has 0 aliphatic carbocycles. The van der Waals surface area contributed by atoms with E-state index in [2.05, 4.69) is 10.4 Å². The summed E-state index contributed by atoms with van der Waals surface area (Å²) in [4.78, 5) is 11.7. The minimum absolute atomic E-state index is 0.518. The van der Waals surface area contributed by atoms with Gasteiger partial charge in [0.15, 0.2) is 6.10 Å². The Labute approximate surface area is 107 Å². The Morgan fingerprint density at radius 3 is 2.63 bits per heavy atom. The number of hydrogen-bond donors (Lipinski definition) is 3. The molecule has 9 heteroatoms. The van der Waals surface area contributed by atoms with Crippen molar-refractivity contribution in [3.8, 4) is 0 Å². The molecule has 6 nitrogen and oxygen atoms in total. The third-order valence-corrected chi connectivity index (χ3v) is 2.46. The number of amides is 1. The zero-order chi connectivity index (χ0) is 14.6. The molecular weight excluding hydrogens is 265 g/mol. The van der Waals surface area contributed by atoms with Gasteiger partial charge < -0.3 is 15.7 Å². The van der Waals surface area contributed by atoms with Crippen LogP contribution in [0.5, 0.6) is 0 Å². The average molecular weight is 280 g/mol. The Morgan fingerprint density at radius 2 is 2.21 bits per heavy atom. The Morgan fingerprint density at radius 1 is 1.58 bits per heavy atom. The van der Waals surface area contributed by atoms with Crippen molar-refractivity contribution >= 4 is 5.91 Å². The molecule has 1 aromatic rings. The Kier molecular flexibility index (Phi) is 4.90. The number of carbonyl (C=O) groups excluding carboxylic acids is 1. The van der Waals surface area contributed by atoms with Crippen LogP contribution in [0.2, 0.25) is 0 Å². The topological polar surface area (TPSA) is 79.2 Å². The van der Waals surface area contributed by atoms with E-state index in [-0.39, 0.29) is 0 Å². The molecule has 0 aromatic carbocycles. The van der Waals surface area contributed by atoms with Crippen LogP contribution in [0.4, 0.5) is 13.2 Å². The van der Waals surface area contributed by atoms with Gasteiger partial charge in [0.1, 0.15) is 6.04 Å². The van der Waals surface area contributed by atoms with E-state index in [0.717, 1.165) is 0 Å². The smallest absolute Gasteiger partial charge is 0.382 e. The summed E-state index contributed by atoms with van der Waals surface area (Å²) in [6.45, 7) is -0.888. The molecule has 0 bridgehead atoms. The van der Waals surface area contributed by atoms with Crippen LogP contribution in [0.1, 0.15) is 11.6 Å². The fourth-order valence-electron chi connectivity index (χ4n) is 1.45. The molecule has 3 N–H and O–H groups in total. The highest BCUT2D eigenvalue weighted by Gasteiger charge is 2.38. The zero-order valence-corrected chi connectivity index (χ0v) is 10.4. The number of nitrogens with one attached hydrogen (secondary N) is 2. The van der Waals surface area contributed by atoms with Crippen LogP contribution < -0.4 is 10.6 Å². The van der Waals surface area contributed by atoms with Crippen LogP contribution >= 0.6 is 0 Å². The summed E-state index contributed by atoms with van der Waals surface area (Å²) in [6, 6.07) is -0.825. The lowest BCUT2D eigenvalue weighted by molar-refractivity contribution is -0.201. The summed E-state index contributed by atoms with van der Waals surface area (Å²) in [6.07, 6.45) is -4.33. The predicted octanol–water partition coefficient (Wildman–Crippen LogP) is -0.280. The van der Waals surface area contributed by atoms with Gasteiger partial charge in [0.2, 0.25) is 5.91 Å². The summed E-state index contributed by atoms with van der Waals surface area (Å²) >= 11 is 0. The molecule has 0 saturated heterocycles. The van der Waals surface area contributed by atoms with Crippen molar-refractivity contribution in [3.05, 3.63) is 18.0 Å². The number of aryl methyl sites for hydroxylation is 1. The van der Waals surface area contributed by atoms with Crippen molar-refractivity contribution in [3.63, 3.8) is 0 Å². The second-order valence-corrected chi connectivity index (χ2v) is 3.97. The van der Waals surface area contributed by atoms with E-state index < -0.39 is 30.8 Å². The van der Waals surface area contributed by atoms with Crippen LogP contribution in [-0.4, -0.2) is 46.7 Å². The molecule has 0 radical (unpaired) electrons. The van der Waals surface area contributed by atoms with Gasteiger partial charge in [0.25, 0.3) is 0 Å². The number of rotatable bonds is 5. The van der Waals surface area contributed by atoms with Crippen molar-refractivity contribution in [1.29, 1.82) is 0 Å². The number of halogens is 3. The molecule has 2 atom stereocenters. The van der Waals surface area contributed by atoms with E-state index in [1.807, 2.05) is 5.32 Å². The first kappa shape index (κ1) is 15.4. The van der Waals surface area contributed by atoms with Gasteiger partial charge in [0.05, 0.1) is 12.7 Å². The molecule has 0 saturated carbocycles. The van der Waals surface area contributed by atoms with Gasteiger partial charge in [0, 0.05) is 18.8 Å². The van der Waals surface area contributed by atoms with Crippen molar-refractivity contribution in [1.82, 2.24) is 20.4 Å². The summed E-state index contributed by atoms with van der Waals surface area (Å²) in [5, 5.41) is 17.4. The Hall–Kier alpha value is -1.61. The Balaban J connectivity index is 2.61. The van der Waals surface area contributed by atoms with Crippen LogP contribution in [0.3, 0.4) is 0 Å². The first-order valence-corrected chi connectivity index (χ1v) is 5.44. The summed E-state index contributed by atoms with van der Waals surface area (Å²) in [7, 11) is 3.15. The molecule has 2 unspecified atom stereocenters. The number of likely N-dealkylation sites (N-methyl/N-ethyl adjacent to an activating group) is 1. The van der Waals surface area contributed by atoms with E-state index in [9.17, 15) is 18.0 Å². The zero-order valence-electron chi connectivity index (χ0n) is 10.4. The van der Waals surface area contributed by atoms with Crippen molar-refractivity contribution in [2.45, 2.75) is 18.3 Å². The second-order valence-electron chi connectivity index (χ2n) is 3.97. The number of aliphatic hydroxyl groups is 1. The SMILES string of the molecule is CNC(C(=O)NCC(O)C(F)(F)F)c1cnn(C)c1. The van der Waals surface area contributed by atoms with E-state index in [1.165, 1.54) is 17.9 Å². The minimum Gasteiger partial charge on any atom is -0.382 e. The highest BCUT2D eigenvalue weighted by atomic mass is 19.4. The molecule has 1 rings (SSSR count). The molecule has 1 amide bonds. The maximum Gasteiger partial charge on any atom is 0.416 e. The lowest BCUT2D eigenvalue weighted by atomic mass is 10.1. The maximum absolute atomic E-state index is 12.1. The number of hydrogen-bond acceptors (Lipinski definition) is 4. The summed E-state index contributed by atoms with van der Waals surface area (Å²) in [5.74, 6) is -0.668. The minimum atomic E-state index is -4.75.